The second-order valence-electron chi connectivity index (χ2n) is 6.28. The molecule has 3 rings (SSSR count). The number of nitrogens with one attached hydrogen (secondary N) is 1. The summed E-state index contributed by atoms with van der Waals surface area (Å²) in [4.78, 5) is 0. The molecule has 0 radical (unpaired) electrons. The highest BCUT2D eigenvalue weighted by atomic mass is 32.2. The monoisotopic (exact) mass is 366 g/mol. The van der Waals surface area contributed by atoms with Crippen LogP contribution in [0.3, 0.4) is 0 Å². The van der Waals surface area contributed by atoms with Crippen LogP contribution in [0.1, 0.15) is 12.2 Å². The molecular weight excluding hydrogens is 344 g/mol. The Kier molecular flexibility index (Phi) is 5.41. The molecule has 1 aromatic heterocycles. The number of sulfonamides is 1. The Morgan fingerprint density at radius 3 is 2.72 bits per heavy atom. The molecule has 0 saturated carbocycles. The summed E-state index contributed by atoms with van der Waals surface area (Å²) in [6, 6.07) is 9.26. The summed E-state index contributed by atoms with van der Waals surface area (Å²) in [5.74, 6) is 1.45. The van der Waals surface area contributed by atoms with Crippen LogP contribution in [0.2, 0.25) is 0 Å². The van der Waals surface area contributed by atoms with Gasteiger partial charge in [-0.2, -0.15) is 0 Å². The molecule has 1 fully saturated rings. The van der Waals surface area contributed by atoms with E-state index in [0.29, 0.717) is 32.0 Å². The molecular formula is C17H22N2O5S. The minimum atomic E-state index is -3.25. The summed E-state index contributed by atoms with van der Waals surface area (Å²) in [5.41, 5.74) is 1.73. The van der Waals surface area contributed by atoms with E-state index in [4.69, 9.17) is 14.0 Å². The molecule has 1 aliphatic rings. The number of nitrogens with zero attached hydrogens (tertiary/aromatic N) is 1. The standard InChI is InChI=1S/C17H22N2O5S/c1-12-9-17(18-24-12)13-3-5-15(6-4-13)23-11-14-10-22-8-7-16(14)19-25(2,20)21/h3-6,9,14,16,19H,7-8,10-11H2,1-2H3/t14-,16+/m1/s1. The Hall–Kier alpha value is -1.90. The van der Waals surface area contributed by atoms with Crippen LogP contribution < -0.4 is 9.46 Å². The molecule has 25 heavy (non-hydrogen) atoms. The number of aromatic nitrogens is 1. The first kappa shape index (κ1) is 17.9. The van der Waals surface area contributed by atoms with E-state index in [1.165, 1.54) is 6.26 Å². The number of ether oxygens (including phenoxy) is 2. The van der Waals surface area contributed by atoms with Crippen molar-refractivity contribution in [1.82, 2.24) is 9.88 Å². The highest BCUT2D eigenvalue weighted by molar-refractivity contribution is 7.88. The maximum atomic E-state index is 11.5. The highest BCUT2D eigenvalue weighted by Gasteiger charge is 2.28. The molecule has 2 aromatic rings. The molecule has 1 saturated heterocycles. The van der Waals surface area contributed by atoms with Crippen molar-refractivity contribution >= 4 is 10.0 Å². The maximum Gasteiger partial charge on any atom is 0.208 e. The van der Waals surface area contributed by atoms with E-state index in [-0.39, 0.29) is 12.0 Å². The van der Waals surface area contributed by atoms with Crippen LogP contribution in [0.25, 0.3) is 11.3 Å². The van der Waals surface area contributed by atoms with Gasteiger partial charge in [0.2, 0.25) is 10.0 Å². The van der Waals surface area contributed by atoms with Gasteiger partial charge < -0.3 is 14.0 Å². The lowest BCUT2D eigenvalue weighted by Crippen LogP contribution is -2.47. The van der Waals surface area contributed by atoms with Gasteiger partial charge in [-0.05, 0) is 37.6 Å². The third kappa shape index (κ3) is 5.04. The Morgan fingerprint density at radius 2 is 2.08 bits per heavy atom. The number of benzene rings is 1. The van der Waals surface area contributed by atoms with Gasteiger partial charge in [-0.15, -0.1) is 0 Å². The van der Waals surface area contributed by atoms with Crippen molar-refractivity contribution in [1.29, 1.82) is 0 Å². The fourth-order valence-corrected chi connectivity index (χ4v) is 3.68. The minimum absolute atomic E-state index is 0.0265. The third-order valence-electron chi connectivity index (χ3n) is 4.08. The van der Waals surface area contributed by atoms with E-state index >= 15 is 0 Å². The van der Waals surface area contributed by atoms with E-state index < -0.39 is 10.0 Å². The lowest BCUT2D eigenvalue weighted by molar-refractivity contribution is 0.0187. The van der Waals surface area contributed by atoms with E-state index in [1.54, 1.807) is 0 Å². The molecule has 0 amide bonds. The Bertz CT molecular complexity index is 801. The zero-order valence-electron chi connectivity index (χ0n) is 14.3. The normalized spacial score (nSPS) is 21.2. The van der Waals surface area contributed by atoms with Crippen molar-refractivity contribution in [2.75, 3.05) is 26.1 Å². The molecule has 8 heteroatoms. The third-order valence-corrected chi connectivity index (χ3v) is 4.81. The van der Waals surface area contributed by atoms with Crippen molar-refractivity contribution in [3.63, 3.8) is 0 Å². The van der Waals surface area contributed by atoms with Gasteiger partial charge in [0.1, 0.15) is 17.2 Å². The molecule has 2 heterocycles. The van der Waals surface area contributed by atoms with Crippen LogP contribution in [0.4, 0.5) is 0 Å². The van der Waals surface area contributed by atoms with Gasteiger partial charge in [0.15, 0.2) is 0 Å². The summed E-state index contributed by atoms with van der Waals surface area (Å²) in [6.45, 7) is 3.26. The van der Waals surface area contributed by atoms with Gasteiger partial charge in [-0.1, -0.05) is 5.16 Å². The quantitative estimate of drug-likeness (QED) is 0.841. The molecule has 0 bridgehead atoms. The van der Waals surface area contributed by atoms with E-state index in [9.17, 15) is 8.42 Å². The van der Waals surface area contributed by atoms with E-state index in [0.717, 1.165) is 17.0 Å². The topological polar surface area (TPSA) is 90.7 Å². The van der Waals surface area contributed by atoms with Crippen LogP contribution in [0, 0.1) is 12.8 Å². The number of hydrogen-bond acceptors (Lipinski definition) is 6. The SMILES string of the molecule is Cc1cc(-c2ccc(OC[C@H]3COCC[C@@H]3NS(C)(=O)=O)cc2)no1. The number of hydrogen-bond donors (Lipinski definition) is 1. The minimum Gasteiger partial charge on any atom is -0.493 e. The lowest BCUT2D eigenvalue weighted by atomic mass is 9.98. The van der Waals surface area contributed by atoms with Crippen molar-refractivity contribution in [2.45, 2.75) is 19.4 Å². The highest BCUT2D eigenvalue weighted by Crippen LogP contribution is 2.23. The first-order valence-corrected chi connectivity index (χ1v) is 10.0. The lowest BCUT2D eigenvalue weighted by Gasteiger charge is -2.31. The van der Waals surface area contributed by atoms with Gasteiger partial charge in [-0.3, -0.25) is 0 Å². The van der Waals surface area contributed by atoms with Gasteiger partial charge >= 0.3 is 0 Å². The smallest absolute Gasteiger partial charge is 0.208 e. The molecule has 1 aromatic carbocycles. The van der Waals surface area contributed by atoms with Crippen LogP contribution >= 0.6 is 0 Å². The van der Waals surface area contributed by atoms with Gasteiger partial charge in [0.25, 0.3) is 0 Å². The molecule has 1 aliphatic heterocycles. The zero-order valence-corrected chi connectivity index (χ0v) is 15.1. The molecule has 7 nitrogen and oxygen atoms in total. The average molecular weight is 366 g/mol. The molecule has 2 atom stereocenters. The first-order valence-electron chi connectivity index (χ1n) is 8.12. The van der Waals surface area contributed by atoms with Crippen LogP contribution in [0.15, 0.2) is 34.9 Å². The number of rotatable bonds is 6. The van der Waals surface area contributed by atoms with Crippen LogP contribution in [-0.2, 0) is 14.8 Å². The van der Waals surface area contributed by atoms with Crippen molar-refractivity contribution in [3.05, 3.63) is 36.1 Å². The van der Waals surface area contributed by atoms with E-state index in [2.05, 4.69) is 9.88 Å². The second-order valence-corrected chi connectivity index (χ2v) is 8.06. The largest absolute Gasteiger partial charge is 0.493 e. The van der Waals surface area contributed by atoms with Crippen molar-refractivity contribution in [3.8, 4) is 17.0 Å². The van der Waals surface area contributed by atoms with E-state index in [1.807, 2.05) is 37.3 Å². The first-order chi connectivity index (χ1) is 11.9. The summed E-state index contributed by atoms with van der Waals surface area (Å²) in [6.07, 6.45) is 1.82. The van der Waals surface area contributed by atoms with Gasteiger partial charge in [-0.25, -0.2) is 13.1 Å². The van der Waals surface area contributed by atoms with Crippen molar-refractivity contribution in [2.24, 2.45) is 5.92 Å². The summed E-state index contributed by atoms with van der Waals surface area (Å²) >= 11 is 0. The Balaban J connectivity index is 1.60. The van der Waals surface area contributed by atoms with Crippen LogP contribution in [-0.4, -0.2) is 45.7 Å². The summed E-state index contributed by atoms with van der Waals surface area (Å²) in [5, 5.41) is 3.98. The molecule has 0 spiro atoms. The fourth-order valence-electron chi connectivity index (χ4n) is 2.82. The predicted molar refractivity (Wildman–Crippen MR) is 92.9 cm³/mol. The zero-order chi connectivity index (χ0) is 17.9. The summed E-state index contributed by atoms with van der Waals surface area (Å²) in [7, 11) is -3.25. The van der Waals surface area contributed by atoms with Gasteiger partial charge in [0, 0.05) is 30.2 Å². The average Bonchev–Trinajstić information content (AvgIpc) is 3.00. The molecule has 1 N–H and O–H groups in total. The van der Waals surface area contributed by atoms with Crippen molar-refractivity contribution < 1.29 is 22.4 Å². The number of aryl methyl sites for hydroxylation is 1. The fraction of sp³-hybridized carbons (Fsp3) is 0.471. The summed E-state index contributed by atoms with van der Waals surface area (Å²) < 4.78 is 42.0. The molecule has 136 valence electrons. The predicted octanol–water partition coefficient (Wildman–Crippen LogP) is 1.98. The Labute approximate surface area is 147 Å². The molecule has 0 aliphatic carbocycles. The molecule has 0 unspecified atom stereocenters. The second kappa shape index (κ2) is 7.55. The maximum absolute atomic E-state index is 11.5. The van der Waals surface area contributed by atoms with Crippen LogP contribution in [0.5, 0.6) is 5.75 Å². The Morgan fingerprint density at radius 1 is 1.32 bits per heavy atom. The van der Waals surface area contributed by atoms with Gasteiger partial charge in [0.05, 0.1) is 19.5 Å².